The summed E-state index contributed by atoms with van der Waals surface area (Å²) in [5.41, 5.74) is 11.6. The highest BCUT2D eigenvalue weighted by atomic mass is 79.9. The molecule has 0 bridgehead atoms. The van der Waals surface area contributed by atoms with Crippen molar-refractivity contribution in [1.82, 2.24) is 0 Å². The highest BCUT2D eigenvalue weighted by Gasteiger charge is 2.09. The van der Waals surface area contributed by atoms with Gasteiger partial charge >= 0.3 is 0 Å². The lowest BCUT2D eigenvalue weighted by Crippen LogP contribution is -2.38. The molecule has 4 heteroatoms. The molecule has 4 N–H and O–H groups in total. The molecule has 0 radical (unpaired) electrons. The van der Waals surface area contributed by atoms with E-state index in [1.54, 1.807) is 0 Å². The molecule has 1 aromatic rings. The van der Waals surface area contributed by atoms with Crippen molar-refractivity contribution in [1.29, 1.82) is 0 Å². The van der Waals surface area contributed by atoms with E-state index in [1.165, 1.54) is 0 Å². The summed E-state index contributed by atoms with van der Waals surface area (Å²) >= 11 is 3.33. The Morgan fingerprint density at radius 3 is 2.77 bits per heavy atom. The first-order valence-electron chi connectivity index (χ1n) is 3.89. The van der Waals surface area contributed by atoms with Crippen LogP contribution in [0.2, 0.25) is 0 Å². The van der Waals surface area contributed by atoms with E-state index in [9.17, 15) is 4.79 Å². The third kappa shape index (κ3) is 3.16. The second-order valence-electron chi connectivity index (χ2n) is 2.84. The molecule has 1 rings (SSSR count). The molecule has 0 heterocycles. The van der Waals surface area contributed by atoms with E-state index >= 15 is 0 Å². The van der Waals surface area contributed by atoms with E-state index in [4.69, 9.17) is 11.5 Å². The monoisotopic (exact) mass is 242 g/mol. The lowest BCUT2D eigenvalue weighted by Gasteiger charge is -2.06. The minimum atomic E-state index is -0.603. The summed E-state index contributed by atoms with van der Waals surface area (Å²) < 4.78 is 0.974. The van der Waals surface area contributed by atoms with Crippen LogP contribution in [0.25, 0.3) is 0 Å². The Hall–Kier alpha value is -0.870. The maximum atomic E-state index is 10.7. The molecule has 1 amide bonds. The van der Waals surface area contributed by atoms with Crippen molar-refractivity contribution in [2.24, 2.45) is 11.5 Å². The van der Waals surface area contributed by atoms with Crippen LogP contribution >= 0.6 is 15.9 Å². The van der Waals surface area contributed by atoms with E-state index in [0.717, 1.165) is 10.0 Å². The van der Waals surface area contributed by atoms with Crippen LogP contribution in [0, 0.1) is 0 Å². The van der Waals surface area contributed by atoms with Gasteiger partial charge in [0.2, 0.25) is 5.91 Å². The van der Waals surface area contributed by atoms with Gasteiger partial charge in [0.1, 0.15) is 0 Å². The zero-order chi connectivity index (χ0) is 9.84. The van der Waals surface area contributed by atoms with Gasteiger partial charge in [0, 0.05) is 4.47 Å². The van der Waals surface area contributed by atoms with Crippen LogP contribution in [0.15, 0.2) is 28.7 Å². The Kier molecular flexibility index (Phi) is 3.45. The van der Waals surface area contributed by atoms with Crippen molar-refractivity contribution in [3.05, 3.63) is 34.3 Å². The number of rotatable bonds is 3. The zero-order valence-electron chi connectivity index (χ0n) is 7.03. The number of benzene rings is 1. The average Bonchev–Trinajstić information content (AvgIpc) is 2.04. The largest absolute Gasteiger partial charge is 0.368 e. The van der Waals surface area contributed by atoms with Crippen molar-refractivity contribution < 1.29 is 4.79 Å². The Morgan fingerprint density at radius 1 is 1.54 bits per heavy atom. The first-order valence-corrected chi connectivity index (χ1v) is 4.68. The van der Waals surface area contributed by atoms with Gasteiger partial charge in [0.25, 0.3) is 0 Å². The van der Waals surface area contributed by atoms with Gasteiger partial charge in [-0.2, -0.15) is 0 Å². The van der Waals surface area contributed by atoms with Crippen molar-refractivity contribution >= 4 is 21.8 Å². The van der Waals surface area contributed by atoms with Gasteiger partial charge in [-0.05, 0) is 24.1 Å². The van der Waals surface area contributed by atoms with Crippen LogP contribution in [-0.4, -0.2) is 11.9 Å². The van der Waals surface area contributed by atoms with Gasteiger partial charge in [0.15, 0.2) is 0 Å². The standard InChI is InChI=1S/C9H11BrN2O/c10-7-3-1-2-6(4-7)5-8(11)9(12)13/h1-4,8H,5,11H2,(H2,12,13)/t8-/m0/s1. The molecule has 0 spiro atoms. The molecular formula is C9H11BrN2O. The van der Waals surface area contributed by atoms with Crippen LogP contribution in [0.4, 0.5) is 0 Å². The Morgan fingerprint density at radius 2 is 2.23 bits per heavy atom. The quantitative estimate of drug-likeness (QED) is 0.824. The molecule has 3 nitrogen and oxygen atoms in total. The zero-order valence-corrected chi connectivity index (χ0v) is 8.62. The third-order valence-corrected chi connectivity index (χ3v) is 2.20. The highest BCUT2D eigenvalue weighted by molar-refractivity contribution is 9.10. The first-order chi connectivity index (χ1) is 6.09. The topological polar surface area (TPSA) is 69.1 Å². The first kappa shape index (κ1) is 10.2. The number of amides is 1. The maximum Gasteiger partial charge on any atom is 0.234 e. The van der Waals surface area contributed by atoms with Crippen LogP contribution in [0.1, 0.15) is 5.56 Å². The molecule has 0 aliphatic rings. The number of primary amides is 1. The molecule has 0 aromatic heterocycles. The molecule has 13 heavy (non-hydrogen) atoms. The fourth-order valence-electron chi connectivity index (χ4n) is 1.02. The molecule has 0 aliphatic carbocycles. The number of halogens is 1. The predicted molar refractivity (Wildman–Crippen MR) is 55.0 cm³/mol. The predicted octanol–water partition coefficient (Wildman–Crippen LogP) is 0.804. The van der Waals surface area contributed by atoms with Gasteiger partial charge in [-0.1, -0.05) is 28.1 Å². The molecule has 1 atom stereocenters. The second kappa shape index (κ2) is 4.39. The smallest absolute Gasteiger partial charge is 0.234 e. The molecular weight excluding hydrogens is 232 g/mol. The Bertz CT molecular complexity index is 314. The molecule has 0 saturated carbocycles. The van der Waals surface area contributed by atoms with Crippen molar-refractivity contribution in [2.75, 3.05) is 0 Å². The maximum absolute atomic E-state index is 10.7. The van der Waals surface area contributed by atoms with E-state index in [-0.39, 0.29) is 0 Å². The summed E-state index contributed by atoms with van der Waals surface area (Å²) in [7, 11) is 0. The summed E-state index contributed by atoms with van der Waals surface area (Å²) in [4.78, 5) is 10.7. The van der Waals surface area contributed by atoms with E-state index < -0.39 is 11.9 Å². The minimum Gasteiger partial charge on any atom is -0.368 e. The van der Waals surface area contributed by atoms with Crippen LogP contribution < -0.4 is 11.5 Å². The van der Waals surface area contributed by atoms with Crippen LogP contribution in [0.3, 0.4) is 0 Å². The number of nitrogens with two attached hydrogens (primary N) is 2. The van der Waals surface area contributed by atoms with Crippen LogP contribution in [0.5, 0.6) is 0 Å². The average molecular weight is 243 g/mol. The summed E-state index contributed by atoms with van der Waals surface area (Å²) in [6.07, 6.45) is 0.481. The molecule has 1 aromatic carbocycles. The van der Waals surface area contributed by atoms with Gasteiger partial charge in [0.05, 0.1) is 6.04 Å². The van der Waals surface area contributed by atoms with Gasteiger partial charge in [-0.25, -0.2) is 0 Å². The van der Waals surface area contributed by atoms with Gasteiger partial charge in [-0.15, -0.1) is 0 Å². The van der Waals surface area contributed by atoms with Gasteiger partial charge < -0.3 is 11.5 Å². The number of hydrogen-bond donors (Lipinski definition) is 2. The number of carbonyl (C=O) groups is 1. The Balaban J connectivity index is 2.69. The van der Waals surface area contributed by atoms with Crippen molar-refractivity contribution in [2.45, 2.75) is 12.5 Å². The Labute approximate surface area is 85.2 Å². The minimum absolute atomic E-state index is 0.472. The van der Waals surface area contributed by atoms with E-state index in [0.29, 0.717) is 6.42 Å². The fraction of sp³-hybridized carbons (Fsp3) is 0.222. The third-order valence-electron chi connectivity index (χ3n) is 1.71. The van der Waals surface area contributed by atoms with Crippen molar-refractivity contribution in [3.63, 3.8) is 0 Å². The normalized spacial score (nSPS) is 12.5. The number of hydrogen-bond acceptors (Lipinski definition) is 2. The molecule has 70 valence electrons. The molecule has 0 saturated heterocycles. The van der Waals surface area contributed by atoms with E-state index in [1.807, 2.05) is 24.3 Å². The van der Waals surface area contributed by atoms with Crippen LogP contribution in [-0.2, 0) is 11.2 Å². The SMILES string of the molecule is NC(=O)[C@@H](N)Cc1cccc(Br)c1. The summed E-state index contributed by atoms with van der Waals surface area (Å²) in [6, 6.07) is 7.04. The second-order valence-corrected chi connectivity index (χ2v) is 3.76. The number of carbonyl (C=O) groups excluding carboxylic acids is 1. The lowest BCUT2D eigenvalue weighted by molar-refractivity contribution is -0.119. The highest BCUT2D eigenvalue weighted by Crippen LogP contribution is 2.12. The van der Waals surface area contributed by atoms with Gasteiger partial charge in [-0.3, -0.25) is 4.79 Å². The molecule has 0 unspecified atom stereocenters. The summed E-state index contributed by atoms with van der Waals surface area (Å²) in [6.45, 7) is 0. The van der Waals surface area contributed by atoms with E-state index in [2.05, 4.69) is 15.9 Å². The summed E-state index contributed by atoms with van der Waals surface area (Å²) in [5.74, 6) is -0.472. The van der Waals surface area contributed by atoms with Crippen molar-refractivity contribution in [3.8, 4) is 0 Å². The molecule has 0 fully saturated rings. The summed E-state index contributed by atoms with van der Waals surface area (Å²) in [5, 5.41) is 0. The fourth-order valence-corrected chi connectivity index (χ4v) is 1.47. The lowest BCUT2D eigenvalue weighted by atomic mass is 10.1. The molecule has 0 aliphatic heterocycles.